The zero-order valence-electron chi connectivity index (χ0n) is 10.6. The predicted octanol–water partition coefficient (Wildman–Crippen LogP) is 2.35. The van der Waals surface area contributed by atoms with Gasteiger partial charge in [0.25, 0.3) is 0 Å². The van der Waals surface area contributed by atoms with Gasteiger partial charge in [-0.2, -0.15) is 13.2 Å². The van der Waals surface area contributed by atoms with Crippen molar-refractivity contribution in [2.24, 2.45) is 0 Å². The largest absolute Gasteiger partial charge is 0.479 e. The molecule has 110 valence electrons. The van der Waals surface area contributed by atoms with E-state index in [2.05, 4.69) is 0 Å². The second-order valence-corrected chi connectivity index (χ2v) is 4.03. The molecule has 0 aliphatic heterocycles. The number of anilines is 1. The highest BCUT2D eigenvalue weighted by Gasteiger charge is 2.38. The lowest BCUT2D eigenvalue weighted by Gasteiger charge is -2.14. The van der Waals surface area contributed by atoms with Crippen molar-refractivity contribution in [3.05, 3.63) is 23.8 Å². The maximum Gasteiger partial charge on any atom is 0.471 e. The molecule has 1 unspecified atom stereocenters. The standard InChI is InChI=1S/C12H12F3NO4/c1-6-3-4-8(16-11(19)12(13,14)15)5-9(6)20-7(2)10(17)18/h3-5,7H,1-2H3,(H,16,19)(H,17,18). The molecule has 20 heavy (non-hydrogen) atoms. The molecular weight excluding hydrogens is 279 g/mol. The van der Waals surface area contributed by atoms with Gasteiger partial charge in [0.15, 0.2) is 6.10 Å². The Morgan fingerprint density at radius 2 is 1.95 bits per heavy atom. The molecule has 1 aromatic carbocycles. The van der Waals surface area contributed by atoms with Crippen molar-refractivity contribution >= 4 is 17.6 Å². The molecule has 0 spiro atoms. The van der Waals surface area contributed by atoms with Gasteiger partial charge in [-0.3, -0.25) is 4.79 Å². The minimum absolute atomic E-state index is 0.0832. The van der Waals surface area contributed by atoms with Crippen LogP contribution < -0.4 is 10.1 Å². The molecule has 1 rings (SSSR count). The first-order valence-corrected chi connectivity index (χ1v) is 5.49. The number of carbonyl (C=O) groups excluding carboxylic acids is 1. The number of benzene rings is 1. The summed E-state index contributed by atoms with van der Waals surface area (Å²) in [5, 5.41) is 10.4. The number of alkyl halides is 3. The summed E-state index contributed by atoms with van der Waals surface area (Å²) in [6.07, 6.45) is -6.16. The second-order valence-electron chi connectivity index (χ2n) is 4.03. The van der Waals surface area contributed by atoms with Crippen molar-refractivity contribution in [3.63, 3.8) is 0 Å². The molecule has 0 heterocycles. The number of aryl methyl sites for hydroxylation is 1. The quantitative estimate of drug-likeness (QED) is 0.892. The fraction of sp³-hybridized carbons (Fsp3) is 0.333. The van der Waals surface area contributed by atoms with Gasteiger partial charge in [-0.25, -0.2) is 4.79 Å². The Kier molecular flexibility index (Phi) is 4.59. The van der Waals surface area contributed by atoms with E-state index in [9.17, 15) is 22.8 Å². The number of rotatable bonds is 4. The number of carboxylic acids is 1. The van der Waals surface area contributed by atoms with Crippen LogP contribution in [0.2, 0.25) is 0 Å². The van der Waals surface area contributed by atoms with E-state index in [4.69, 9.17) is 9.84 Å². The molecule has 1 amide bonds. The molecule has 2 N–H and O–H groups in total. The summed E-state index contributed by atoms with van der Waals surface area (Å²) >= 11 is 0. The average molecular weight is 291 g/mol. The Balaban J connectivity index is 2.92. The first-order chi connectivity index (χ1) is 9.11. The smallest absolute Gasteiger partial charge is 0.471 e. The molecule has 8 heteroatoms. The normalized spacial score (nSPS) is 12.7. The van der Waals surface area contributed by atoms with Gasteiger partial charge >= 0.3 is 18.1 Å². The molecule has 1 aromatic rings. The van der Waals surface area contributed by atoms with Crippen LogP contribution in [0, 0.1) is 6.92 Å². The molecular formula is C12H12F3NO4. The topological polar surface area (TPSA) is 75.6 Å². The molecule has 0 fully saturated rings. The van der Waals surface area contributed by atoms with Gasteiger partial charge < -0.3 is 15.2 Å². The van der Waals surface area contributed by atoms with Crippen molar-refractivity contribution < 1.29 is 32.6 Å². The molecule has 0 bridgehead atoms. The number of ether oxygens (including phenoxy) is 1. The van der Waals surface area contributed by atoms with E-state index >= 15 is 0 Å². The molecule has 0 saturated carbocycles. The molecule has 0 aliphatic rings. The van der Waals surface area contributed by atoms with Crippen LogP contribution >= 0.6 is 0 Å². The zero-order valence-corrected chi connectivity index (χ0v) is 10.6. The van der Waals surface area contributed by atoms with Gasteiger partial charge in [-0.05, 0) is 25.5 Å². The number of carbonyl (C=O) groups is 2. The summed E-state index contributed by atoms with van der Waals surface area (Å²) in [4.78, 5) is 21.5. The van der Waals surface area contributed by atoms with Crippen LogP contribution in [0.15, 0.2) is 18.2 Å². The van der Waals surface area contributed by atoms with Gasteiger partial charge in [-0.15, -0.1) is 0 Å². The van der Waals surface area contributed by atoms with Crippen molar-refractivity contribution in [1.82, 2.24) is 0 Å². The lowest BCUT2D eigenvalue weighted by Crippen LogP contribution is -2.30. The maximum absolute atomic E-state index is 12.1. The highest BCUT2D eigenvalue weighted by molar-refractivity contribution is 5.95. The first kappa shape index (κ1) is 15.8. The van der Waals surface area contributed by atoms with Gasteiger partial charge in [0.05, 0.1) is 0 Å². The van der Waals surface area contributed by atoms with Crippen molar-refractivity contribution in [2.45, 2.75) is 26.1 Å². The Morgan fingerprint density at radius 3 is 2.45 bits per heavy atom. The van der Waals surface area contributed by atoms with Crippen LogP contribution in [0.1, 0.15) is 12.5 Å². The average Bonchev–Trinajstić information content (AvgIpc) is 2.31. The molecule has 0 aromatic heterocycles. The van der Waals surface area contributed by atoms with Crippen LogP contribution in [0.5, 0.6) is 5.75 Å². The Morgan fingerprint density at radius 1 is 1.35 bits per heavy atom. The number of carboxylic acid groups (broad SMARTS) is 1. The predicted molar refractivity (Wildman–Crippen MR) is 63.6 cm³/mol. The van der Waals surface area contributed by atoms with E-state index in [1.807, 2.05) is 0 Å². The Bertz CT molecular complexity index is 528. The van der Waals surface area contributed by atoms with E-state index in [1.165, 1.54) is 19.1 Å². The minimum atomic E-state index is -5.00. The van der Waals surface area contributed by atoms with Crippen molar-refractivity contribution in [3.8, 4) is 5.75 Å². The fourth-order valence-corrected chi connectivity index (χ4v) is 1.25. The summed E-state index contributed by atoms with van der Waals surface area (Å²) < 4.78 is 41.4. The number of aliphatic carboxylic acids is 1. The Hall–Kier alpha value is -2.25. The zero-order chi connectivity index (χ0) is 15.5. The number of hydrogen-bond donors (Lipinski definition) is 2. The van der Waals surface area contributed by atoms with E-state index in [-0.39, 0.29) is 11.4 Å². The molecule has 0 saturated heterocycles. The van der Waals surface area contributed by atoms with Crippen LogP contribution in [0.3, 0.4) is 0 Å². The van der Waals surface area contributed by atoms with Gasteiger partial charge in [-0.1, -0.05) is 6.07 Å². The van der Waals surface area contributed by atoms with Crippen molar-refractivity contribution in [1.29, 1.82) is 0 Å². The number of nitrogens with one attached hydrogen (secondary N) is 1. The van der Waals surface area contributed by atoms with E-state index < -0.39 is 24.2 Å². The third-order valence-corrected chi connectivity index (χ3v) is 2.35. The number of amides is 1. The highest BCUT2D eigenvalue weighted by Crippen LogP contribution is 2.25. The van der Waals surface area contributed by atoms with E-state index in [0.717, 1.165) is 6.07 Å². The summed E-state index contributed by atoms with van der Waals surface area (Å²) in [7, 11) is 0. The van der Waals surface area contributed by atoms with E-state index in [0.29, 0.717) is 5.56 Å². The maximum atomic E-state index is 12.1. The van der Waals surface area contributed by atoms with Gasteiger partial charge in [0.1, 0.15) is 5.75 Å². The lowest BCUT2D eigenvalue weighted by molar-refractivity contribution is -0.167. The molecule has 0 radical (unpaired) electrons. The molecule has 5 nitrogen and oxygen atoms in total. The molecule has 0 aliphatic carbocycles. The van der Waals surface area contributed by atoms with Crippen LogP contribution in [-0.2, 0) is 9.59 Å². The van der Waals surface area contributed by atoms with Crippen LogP contribution in [0.4, 0.5) is 18.9 Å². The minimum Gasteiger partial charge on any atom is -0.479 e. The summed E-state index contributed by atoms with van der Waals surface area (Å²) in [5.74, 6) is -3.24. The second kappa shape index (κ2) is 5.81. The van der Waals surface area contributed by atoms with Gasteiger partial charge in [0.2, 0.25) is 0 Å². The summed E-state index contributed by atoms with van der Waals surface area (Å²) in [5.41, 5.74) is 0.397. The van der Waals surface area contributed by atoms with Crippen molar-refractivity contribution in [2.75, 3.05) is 5.32 Å². The Labute approximate surface area is 112 Å². The SMILES string of the molecule is Cc1ccc(NC(=O)C(F)(F)F)cc1OC(C)C(=O)O. The summed E-state index contributed by atoms with van der Waals surface area (Å²) in [6.45, 7) is 2.88. The third-order valence-electron chi connectivity index (χ3n) is 2.35. The highest BCUT2D eigenvalue weighted by atomic mass is 19.4. The number of hydrogen-bond acceptors (Lipinski definition) is 3. The van der Waals surface area contributed by atoms with E-state index in [1.54, 1.807) is 12.2 Å². The monoisotopic (exact) mass is 291 g/mol. The lowest BCUT2D eigenvalue weighted by atomic mass is 10.2. The fourth-order valence-electron chi connectivity index (χ4n) is 1.25. The van der Waals surface area contributed by atoms with Gasteiger partial charge in [0, 0.05) is 11.8 Å². The first-order valence-electron chi connectivity index (χ1n) is 5.49. The van der Waals surface area contributed by atoms with Crippen LogP contribution in [-0.4, -0.2) is 29.3 Å². The molecule has 1 atom stereocenters. The van der Waals surface area contributed by atoms with Crippen LogP contribution in [0.25, 0.3) is 0 Å². The third kappa shape index (κ3) is 4.15. The number of halogens is 3. The summed E-state index contributed by atoms with van der Waals surface area (Å²) in [6, 6.07) is 3.81.